The molecule has 0 amide bonds. The molecule has 0 aromatic heterocycles. The molecule has 0 aliphatic heterocycles. The molecule has 10 heavy (non-hydrogen) atoms. The third kappa shape index (κ3) is 0.710. The summed E-state index contributed by atoms with van der Waals surface area (Å²) in [5.41, 5.74) is 0.299. The monoisotopic (exact) mass is 142 g/mol. The van der Waals surface area contributed by atoms with Gasteiger partial charge in [0.05, 0.1) is 6.67 Å². The second-order valence-corrected chi connectivity index (χ2v) is 3.82. The Labute approximate surface area is 59.6 Å². The van der Waals surface area contributed by atoms with E-state index < -0.39 is 0 Å². The van der Waals surface area contributed by atoms with Crippen molar-refractivity contribution in [1.29, 1.82) is 0 Å². The van der Waals surface area contributed by atoms with E-state index in [1.165, 1.54) is 0 Å². The fourth-order valence-electron chi connectivity index (χ4n) is 2.35. The van der Waals surface area contributed by atoms with Crippen molar-refractivity contribution in [2.24, 2.45) is 11.3 Å². The van der Waals surface area contributed by atoms with Gasteiger partial charge in [-0.25, -0.2) is 0 Å². The number of alkyl halides is 1. The molecule has 2 fully saturated rings. The Bertz CT molecular complexity index is 160. The first kappa shape index (κ1) is 6.32. The normalized spacial score (nSPS) is 29.9. The van der Waals surface area contributed by atoms with Crippen LogP contribution in [0.5, 0.6) is 0 Å². The van der Waals surface area contributed by atoms with Gasteiger partial charge in [-0.2, -0.15) is 0 Å². The van der Waals surface area contributed by atoms with Crippen molar-refractivity contribution in [3.8, 4) is 0 Å². The first-order valence-electron chi connectivity index (χ1n) is 3.82. The molecule has 56 valence electrons. The van der Waals surface area contributed by atoms with Gasteiger partial charge < -0.3 is 0 Å². The van der Waals surface area contributed by atoms with Gasteiger partial charge in [-0.15, -0.1) is 0 Å². The molecule has 0 unspecified atom stereocenters. The van der Waals surface area contributed by atoms with Crippen LogP contribution in [-0.2, 0) is 4.79 Å². The van der Waals surface area contributed by atoms with E-state index in [2.05, 4.69) is 0 Å². The summed E-state index contributed by atoms with van der Waals surface area (Å²) < 4.78 is 12.0. The van der Waals surface area contributed by atoms with Crippen molar-refractivity contribution in [3.63, 3.8) is 0 Å². The lowest BCUT2D eigenvalue weighted by atomic mass is 9.51. The Morgan fingerprint density at radius 1 is 1.50 bits per heavy atom. The van der Waals surface area contributed by atoms with Gasteiger partial charge >= 0.3 is 0 Å². The fourth-order valence-corrected chi connectivity index (χ4v) is 2.35. The van der Waals surface area contributed by atoms with Gasteiger partial charge in [-0.1, -0.05) is 0 Å². The van der Waals surface area contributed by atoms with Gasteiger partial charge in [0.15, 0.2) is 0 Å². The summed E-state index contributed by atoms with van der Waals surface area (Å²) >= 11 is 0. The highest BCUT2D eigenvalue weighted by Gasteiger charge is 2.52. The van der Waals surface area contributed by atoms with Crippen LogP contribution >= 0.6 is 0 Å². The summed E-state index contributed by atoms with van der Waals surface area (Å²) in [5, 5.41) is 0. The number of halogens is 1. The Kier molecular flexibility index (Phi) is 1.14. The second-order valence-electron chi connectivity index (χ2n) is 3.82. The van der Waals surface area contributed by atoms with Crippen molar-refractivity contribution in [2.45, 2.75) is 25.7 Å². The Morgan fingerprint density at radius 2 is 2.10 bits per heavy atom. The number of Topliss-reactive ketones (excluding diaryl/α,β-unsaturated/α-hetero) is 1. The number of carbonyl (C=O) groups excluding carboxylic acids is 1. The van der Waals surface area contributed by atoms with E-state index in [0.717, 1.165) is 25.7 Å². The van der Waals surface area contributed by atoms with Crippen molar-refractivity contribution < 1.29 is 9.18 Å². The second kappa shape index (κ2) is 1.80. The predicted octanol–water partition coefficient (Wildman–Crippen LogP) is 1.72. The summed E-state index contributed by atoms with van der Waals surface area (Å²) in [6.07, 6.45) is 3.41. The lowest BCUT2D eigenvalue weighted by Gasteiger charge is -2.52. The highest BCUT2D eigenvalue weighted by Crippen LogP contribution is 2.56. The van der Waals surface area contributed by atoms with Gasteiger partial charge in [-0.05, 0) is 24.2 Å². The summed E-state index contributed by atoms with van der Waals surface area (Å²) in [4.78, 5) is 10.6. The molecule has 2 aliphatic rings. The Balaban J connectivity index is 1.85. The minimum Gasteiger partial charge on any atom is -0.300 e. The van der Waals surface area contributed by atoms with Crippen LogP contribution < -0.4 is 0 Å². The Morgan fingerprint density at radius 3 is 2.50 bits per heavy atom. The van der Waals surface area contributed by atoms with Gasteiger partial charge in [0.1, 0.15) is 5.78 Å². The van der Waals surface area contributed by atoms with Crippen LogP contribution in [0.4, 0.5) is 4.39 Å². The molecule has 0 bridgehead atoms. The molecule has 0 aromatic carbocycles. The maximum atomic E-state index is 12.0. The molecule has 2 heteroatoms. The van der Waals surface area contributed by atoms with Gasteiger partial charge in [0, 0.05) is 12.8 Å². The lowest BCUT2D eigenvalue weighted by molar-refractivity contribution is -0.142. The standard InChI is InChI=1S/C8H11FO/c9-5-6-1-8(2-6)3-7(10)4-8/h6H,1-5H2. The van der Waals surface area contributed by atoms with E-state index in [4.69, 9.17) is 0 Å². The zero-order valence-electron chi connectivity index (χ0n) is 5.90. The summed E-state index contributed by atoms with van der Waals surface area (Å²) in [7, 11) is 0. The maximum absolute atomic E-state index is 12.0. The zero-order chi connectivity index (χ0) is 7.19. The third-order valence-corrected chi connectivity index (χ3v) is 2.81. The highest BCUT2D eigenvalue weighted by molar-refractivity contribution is 5.86. The van der Waals surface area contributed by atoms with E-state index in [1.807, 2.05) is 0 Å². The van der Waals surface area contributed by atoms with Crippen LogP contribution in [0.3, 0.4) is 0 Å². The lowest BCUT2D eigenvalue weighted by Crippen LogP contribution is -2.48. The van der Waals surface area contributed by atoms with E-state index in [-0.39, 0.29) is 12.6 Å². The van der Waals surface area contributed by atoms with Gasteiger partial charge in [0.25, 0.3) is 0 Å². The van der Waals surface area contributed by atoms with Crippen molar-refractivity contribution in [2.75, 3.05) is 6.67 Å². The fraction of sp³-hybridized carbons (Fsp3) is 0.875. The molecule has 0 atom stereocenters. The first-order valence-corrected chi connectivity index (χ1v) is 3.82. The quantitative estimate of drug-likeness (QED) is 0.544. The molecule has 2 saturated carbocycles. The predicted molar refractivity (Wildman–Crippen MR) is 35.4 cm³/mol. The SMILES string of the molecule is O=C1CC2(C1)CC(CF)C2. The first-order chi connectivity index (χ1) is 4.74. The number of hydrogen-bond acceptors (Lipinski definition) is 1. The number of ketones is 1. The average molecular weight is 142 g/mol. The molecule has 0 saturated heterocycles. The average Bonchev–Trinajstić information content (AvgIpc) is 1.74. The van der Waals surface area contributed by atoms with Crippen molar-refractivity contribution in [1.82, 2.24) is 0 Å². The van der Waals surface area contributed by atoms with Gasteiger partial charge in [0.2, 0.25) is 0 Å². The number of hydrogen-bond donors (Lipinski definition) is 0. The van der Waals surface area contributed by atoms with Crippen molar-refractivity contribution >= 4 is 5.78 Å². The molecular weight excluding hydrogens is 131 g/mol. The minimum absolute atomic E-state index is 0.185. The number of rotatable bonds is 1. The van der Waals surface area contributed by atoms with E-state index in [9.17, 15) is 9.18 Å². The van der Waals surface area contributed by atoms with Crippen LogP contribution in [0.2, 0.25) is 0 Å². The third-order valence-electron chi connectivity index (χ3n) is 2.81. The molecule has 0 radical (unpaired) electrons. The molecule has 2 aliphatic carbocycles. The topological polar surface area (TPSA) is 17.1 Å². The Hall–Kier alpha value is -0.400. The molecule has 0 N–H and O–H groups in total. The molecule has 2 rings (SSSR count). The van der Waals surface area contributed by atoms with Gasteiger partial charge in [-0.3, -0.25) is 9.18 Å². The highest BCUT2D eigenvalue weighted by atomic mass is 19.1. The van der Waals surface area contributed by atoms with Crippen LogP contribution in [0.1, 0.15) is 25.7 Å². The molecule has 1 spiro atoms. The summed E-state index contributed by atoms with van der Waals surface area (Å²) in [5.74, 6) is 0.658. The smallest absolute Gasteiger partial charge is 0.134 e. The van der Waals surface area contributed by atoms with Crippen LogP contribution in [-0.4, -0.2) is 12.5 Å². The molecule has 0 heterocycles. The molecule has 0 aromatic rings. The largest absolute Gasteiger partial charge is 0.300 e. The van der Waals surface area contributed by atoms with E-state index in [1.54, 1.807) is 0 Å². The summed E-state index contributed by atoms with van der Waals surface area (Å²) in [6.45, 7) is -0.185. The zero-order valence-corrected chi connectivity index (χ0v) is 5.90. The molecule has 1 nitrogen and oxygen atoms in total. The molecular formula is C8H11FO. The summed E-state index contributed by atoms with van der Waals surface area (Å²) in [6, 6.07) is 0. The maximum Gasteiger partial charge on any atom is 0.134 e. The minimum atomic E-state index is -0.185. The van der Waals surface area contributed by atoms with Crippen LogP contribution in [0.15, 0.2) is 0 Å². The van der Waals surface area contributed by atoms with Crippen LogP contribution in [0.25, 0.3) is 0 Å². The van der Waals surface area contributed by atoms with E-state index in [0.29, 0.717) is 11.2 Å². The van der Waals surface area contributed by atoms with Crippen molar-refractivity contribution in [3.05, 3.63) is 0 Å². The van der Waals surface area contributed by atoms with Crippen LogP contribution in [0, 0.1) is 11.3 Å². The van der Waals surface area contributed by atoms with E-state index >= 15 is 0 Å². The number of carbonyl (C=O) groups is 1.